The summed E-state index contributed by atoms with van der Waals surface area (Å²) in [6.07, 6.45) is 6.65. The Bertz CT molecular complexity index is 560. The molecule has 1 aliphatic heterocycles. The van der Waals surface area contributed by atoms with E-state index in [1.54, 1.807) is 6.92 Å². The maximum atomic E-state index is 12.4. The molecule has 2 aliphatic rings. The van der Waals surface area contributed by atoms with Crippen molar-refractivity contribution in [3.05, 3.63) is 35.5 Å². The van der Waals surface area contributed by atoms with E-state index in [2.05, 4.69) is 12.7 Å². The van der Waals surface area contributed by atoms with Gasteiger partial charge in [-0.1, -0.05) is 24.3 Å². The number of carbonyl (C=O) groups excluding carboxylic acids is 1. The zero-order valence-corrected chi connectivity index (χ0v) is 15.0. The van der Waals surface area contributed by atoms with Crippen molar-refractivity contribution < 1.29 is 19.7 Å². The first-order valence-electron chi connectivity index (χ1n) is 8.83. The predicted molar refractivity (Wildman–Crippen MR) is 94.4 cm³/mol. The van der Waals surface area contributed by atoms with Crippen LogP contribution in [0.25, 0.3) is 0 Å². The molecule has 2 N–H and O–H groups in total. The van der Waals surface area contributed by atoms with E-state index >= 15 is 0 Å². The Labute approximate surface area is 144 Å². The van der Waals surface area contributed by atoms with Crippen LogP contribution in [-0.2, 0) is 9.53 Å². The number of ether oxygens (including phenoxy) is 1. The Morgan fingerprint density at radius 1 is 1.25 bits per heavy atom. The lowest BCUT2D eigenvalue weighted by Gasteiger charge is -2.33. The highest BCUT2D eigenvalue weighted by Crippen LogP contribution is 2.37. The van der Waals surface area contributed by atoms with Gasteiger partial charge in [-0.2, -0.15) is 0 Å². The molecule has 0 unspecified atom stereocenters. The van der Waals surface area contributed by atoms with E-state index in [9.17, 15) is 15.0 Å². The van der Waals surface area contributed by atoms with Gasteiger partial charge in [0.05, 0.1) is 12.2 Å². The van der Waals surface area contributed by atoms with Crippen LogP contribution < -0.4 is 0 Å². The predicted octanol–water partition coefficient (Wildman–Crippen LogP) is 3.44. The molecule has 0 saturated carbocycles. The topological polar surface area (TPSA) is 66.8 Å². The molecule has 1 heterocycles. The number of esters is 1. The largest absolute Gasteiger partial charge is 0.453 e. The third-order valence-electron chi connectivity index (χ3n) is 5.53. The minimum absolute atomic E-state index is 0.120. The third-order valence-corrected chi connectivity index (χ3v) is 5.53. The van der Waals surface area contributed by atoms with Gasteiger partial charge in [-0.25, -0.2) is 4.79 Å². The van der Waals surface area contributed by atoms with E-state index in [-0.39, 0.29) is 5.92 Å². The average molecular weight is 334 g/mol. The number of rotatable bonds is 0. The van der Waals surface area contributed by atoms with Gasteiger partial charge >= 0.3 is 5.97 Å². The zero-order valence-electron chi connectivity index (χ0n) is 15.0. The van der Waals surface area contributed by atoms with E-state index in [0.29, 0.717) is 31.3 Å². The van der Waals surface area contributed by atoms with Crippen LogP contribution >= 0.6 is 0 Å². The van der Waals surface area contributed by atoms with Crippen molar-refractivity contribution in [2.45, 2.75) is 77.1 Å². The van der Waals surface area contributed by atoms with Crippen molar-refractivity contribution in [3.8, 4) is 0 Å². The van der Waals surface area contributed by atoms with Gasteiger partial charge in [-0.3, -0.25) is 0 Å². The second-order valence-electron chi connectivity index (χ2n) is 7.50. The summed E-state index contributed by atoms with van der Waals surface area (Å²) in [6, 6.07) is 0. The molecular formula is C20H30O4. The van der Waals surface area contributed by atoms with E-state index < -0.39 is 23.8 Å². The molecular weight excluding hydrogens is 304 g/mol. The zero-order chi connectivity index (χ0) is 17.9. The average Bonchev–Trinajstić information content (AvgIpc) is 2.64. The second kappa shape index (κ2) is 7.66. The van der Waals surface area contributed by atoms with Crippen LogP contribution in [0.2, 0.25) is 0 Å². The summed E-state index contributed by atoms with van der Waals surface area (Å²) in [4.78, 5) is 12.4. The van der Waals surface area contributed by atoms with Crippen LogP contribution in [0.5, 0.6) is 0 Å². The number of allylic oxidation sites excluding steroid dienone is 3. The molecule has 4 atom stereocenters. The van der Waals surface area contributed by atoms with E-state index in [4.69, 9.17) is 4.74 Å². The third kappa shape index (κ3) is 4.37. The van der Waals surface area contributed by atoms with Crippen molar-refractivity contribution in [3.63, 3.8) is 0 Å². The van der Waals surface area contributed by atoms with Gasteiger partial charge in [-0.05, 0) is 70.8 Å². The highest BCUT2D eigenvalue weighted by Gasteiger charge is 2.41. The van der Waals surface area contributed by atoms with Crippen LogP contribution in [0.1, 0.15) is 59.3 Å². The van der Waals surface area contributed by atoms with Crippen LogP contribution in [0, 0.1) is 5.92 Å². The lowest BCUT2D eigenvalue weighted by Crippen LogP contribution is -2.43. The van der Waals surface area contributed by atoms with E-state index in [1.807, 2.05) is 19.9 Å². The molecule has 4 heteroatoms. The SMILES string of the molecule is C=C1C(=O)O[C@]2(C)CC[C@@H]1C[C@H](O)/C(C)=C/C/C=C(\C)CC[C@@H]2O. The summed E-state index contributed by atoms with van der Waals surface area (Å²) < 4.78 is 5.62. The standard InChI is InChI=1S/C20H30O4/c1-13-6-5-7-14(2)17(21)12-16-10-11-20(4,18(22)9-8-13)24-19(23)15(16)3/h6-7,16-18,21-22H,3,5,8-12H2,1-2,4H3/b13-6+,14-7+/t16-,17+,18+,20-/m1/s1. The maximum Gasteiger partial charge on any atom is 0.334 e. The molecule has 0 aromatic heterocycles. The molecule has 134 valence electrons. The van der Waals surface area contributed by atoms with E-state index in [0.717, 1.165) is 18.4 Å². The molecule has 1 saturated heterocycles. The molecule has 1 aliphatic carbocycles. The van der Waals surface area contributed by atoms with Gasteiger partial charge in [0, 0.05) is 5.57 Å². The van der Waals surface area contributed by atoms with E-state index in [1.165, 1.54) is 5.57 Å². The summed E-state index contributed by atoms with van der Waals surface area (Å²) in [6.45, 7) is 9.66. The lowest BCUT2D eigenvalue weighted by atomic mass is 9.83. The highest BCUT2D eigenvalue weighted by atomic mass is 16.6. The van der Waals surface area contributed by atoms with Gasteiger partial charge in [0.1, 0.15) is 5.60 Å². The van der Waals surface area contributed by atoms with Gasteiger partial charge in [-0.15, -0.1) is 0 Å². The summed E-state index contributed by atoms with van der Waals surface area (Å²) in [5, 5.41) is 21.1. The van der Waals surface area contributed by atoms with Crippen molar-refractivity contribution in [1.82, 2.24) is 0 Å². The monoisotopic (exact) mass is 334 g/mol. The minimum atomic E-state index is -0.894. The van der Waals surface area contributed by atoms with Crippen molar-refractivity contribution in [2.24, 2.45) is 5.92 Å². The fourth-order valence-electron chi connectivity index (χ4n) is 3.43. The minimum Gasteiger partial charge on any atom is -0.453 e. The Kier molecular flexibility index (Phi) is 6.05. The molecule has 4 nitrogen and oxygen atoms in total. The van der Waals surface area contributed by atoms with Crippen LogP contribution in [0.3, 0.4) is 0 Å². The summed E-state index contributed by atoms with van der Waals surface area (Å²) in [5.41, 5.74) is 1.62. The number of fused-ring (bicyclic) bond motifs is 3. The van der Waals surface area contributed by atoms with Gasteiger partial charge < -0.3 is 14.9 Å². The second-order valence-corrected chi connectivity index (χ2v) is 7.50. The quantitative estimate of drug-likeness (QED) is 0.404. The number of carbonyl (C=O) groups is 1. The number of aliphatic hydroxyl groups excluding tert-OH is 2. The van der Waals surface area contributed by atoms with Crippen LogP contribution in [0.15, 0.2) is 35.5 Å². The molecule has 0 aromatic rings. The molecule has 0 radical (unpaired) electrons. The molecule has 2 rings (SSSR count). The Balaban J connectivity index is 2.33. The Morgan fingerprint density at radius 3 is 2.67 bits per heavy atom. The molecule has 24 heavy (non-hydrogen) atoms. The van der Waals surface area contributed by atoms with Crippen molar-refractivity contribution in [1.29, 1.82) is 0 Å². The molecule has 0 aromatic carbocycles. The Morgan fingerprint density at radius 2 is 1.96 bits per heavy atom. The Hall–Kier alpha value is -1.39. The first-order valence-corrected chi connectivity index (χ1v) is 8.83. The maximum absolute atomic E-state index is 12.4. The number of hydrogen-bond donors (Lipinski definition) is 2. The van der Waals surface area contributed by atoms with Gasteiger partial charge in [0.2, 0.25) is 0 Å². The molecule has 1 fully saturated rings. The number of aliphatic hydroxyl groups is 2. The normalized spacial score (nSPS) is 40.6. The number of hydrogen-bond acceptors (Lipinski definition) is 4. The van der Waals surface area contributed by atoms with Crippen LogP contribution in [0.4, 0.5) is 0 Å². The molecule has 2 bridgehead atoms. The summed E-state index contributed by atoms with van der Waals surface area (Å²) >= 11 is 0. The smallest absolute Gasteiger partial charge is 0.334 e. The fraction of sp³-hybridized carbons (Fsp3) is 0.650. The lowest BCUT2D eigenvalue weighted by molar-refractivity contribution is -0.165. The molecule has 0 amide bonds. The van der Waals surface area contributed by atoms with Crippen molar-refractivity contribution in [2.75, 3.05) is 0 Å². The fourth-order valence-corrected chi connectivity index (χ4v) is 3.43. The van der Waals surface area contributed by atoms with Gasteiger partial charge in [0.15, 0.2) is 0 Å². The van der Waals surface area contributed by atoms with Crippen LogP contribution in [-0.4, -0.2) is 34.0 Å². The summed E-state index contributed by atoms with van der Waals surface area (Å²) in [5.74, 6) is -0.569. The highest BCUT2D eigenvalue weighted by molar-refractivity contribution is 5.89. The first-order chi connectivity index (χ1) is 11.2. The van der Waals surface area contributed by atoms with Gasteiger partial charge in [0.25, 0.3) is 0 Å². The first kappa shape index (κ1) is 18.9. The molecule has 0 spiro atoms. The van der Waals surface area contributed by atoms with Crippen molar-refractivity contribution >= 4 is 5.97 Å². The summed E-state index contributed by atoms with van der Waals surface area (Å²) in [7, 11) is 0.